The Morgan fingerprint density at radius 3 is 2.88 bits per heavy atom. The minimum absolute atomic E-state index is 0.283. The Balaban J connectivity index is 1.48. The van der Waals surface area contributed by atoms with Crippen LogP contribution in [-0.2, 0) is 17.6 Å². The van der Waals surface area contributed by atoms with Crippen molar-refractivity contribution in [3.8, 4) is 0 Å². The lowest BCUT2D eigenvalue weighted by Crippen LogP contribution is -2.39. The van der Waals surface area contributed by atoms with E-state index < -0.39 is 0 Å². The Bertz CT molecular complexity index is 698. The molecule has 0 N–H and O–H groups in total. The number of likely N-dealkylation sites (tertiary alicyclic amines) is 1. The molecular weight excluding hydrogens is 352 g/mol. The van der Waals surface area contributed by atoms with Crippen molar-refractivity contribution in [1.29, 1.82) is 0 Å². The molecule has 1 saturated heterocycles. The summed E-state index contributed by atoms with van der Waals surface area (Å²) in [5, 5.41) is 4.12. The zero-order chi connectivity index (χ0) is 17.6. The monoisotopic (exact) mass is 376 g/mol. The fraction of sp³-hybridized carbons (Fsp3) is 0.500. The van der Waals surface area contributed by atoms with Crippen molar-refractivity contribution in [1.82, 2.24) is 9.88 Å². The molecule has 3 rings (SSSR count). The first kappa shape index (κ1) is 18.4. The SMILES string of the molecule is CCc1csc(C2CCCN(C(=O)CCCc3ccc(Cl)cc3)C2)n1. The quantitative estimate of drug-likeness (QED) is 0.703. The smallest absolute Gasteiger partial charge is 0.222 e. The maximum Gasteiger partial charge on any atom is 0.222 e. The number of benzene rings is 1. The number of hydrogen-bond donors (Lipinski definition) is 0. The Kier molecular flexibility index (Phi) is 6.49. The molecule has 0 spiro atoms. The van der Waals surface area contributed by atoms with Crippen molar-refractivity contribution in [2.24, 2.45) is 0 Å². The molecular formula is C20H25ClN2OS. The van der Waals surface area contributed by atoms with Gasteiger partial charge in [-0.3, -0.25) is 4.79 Å². The number of aromatic nitrogens is 1. The molecule has 2 heterocycles. The average Bonchev–Trinajstić information content (AvgIpc) is 3.13. The highest BCUT2D eigenvalue weighted by Gasteiger charge is 2.26. The van der Waals surface area contributed by atoms with Crippen LogP contribution >= 0.6 is 22.9 Å². The topological polar surface area (TPSA) is 33.2 Å². The molecule has 1 amide bonds. The number of thiazole rings is 1. The summed E-state index contributed by atoms with van der Waals surface area (Å²) in [6.45, 7) is 3.86. The molecule has 0 radical (unpaired) electrons. The van der Waals surface area contributed by atoms with E-state index in [2.05, 4.69) is 12.3 Å². The molecule has 1 aromatic heterocycles. The van der Waals surface area contributed by atoms with E-state index in [1.54, 1.807) is 11.3 Å². The number of rotatable bonds is 6. The molecule has 0 aliphatic carbocycles. The lowest BCUT2D eigenvalue weighted by atomic mass is 9.98. The Morgan fingerprint density at radius 1 is 1.36 bits per heavy atom. The molecule has 2 aromatic rings. The normalized spacial score (nSPS) is 17.7. The Hall–Kier alpha value is -1.39. The number of nitrogens with zero attached hydrogens (tertiary/aromatic N) is 2. The summed E-state index contributed by atoms with van der Waals surface area (Å²) in [5.74, 6) is 0.699. The first-order valence-corrected chi connectivity index (χ1v) is 10.4. The van der Waals surface area contributed by atoms with Crippen molar-refractivity contribution < 1.29 is 4.79 Å². The van der Waals surface area contributed by atoms with Crippen LogP contribution in [0.5, 0.6) is 0 Å². The highest BCUT2D eigenvalue weighted by Crippen LogP contribution is 2.29. The summed E-state index contributed by atoms with van der Waals surface area (Å²) in [5.41, 5.74) is 2.41. The van der Waals surface area contributed by atoms with E-state index in [1.165, 1.54) is 16.3 Å². The molecule has 1 atom stereocenters. The first-order chi connectivity index (χ1) is 12.2. The molecule has 134 valence electrons. The number of carbonyl (C=O) groups excluding carboxylic acids is 1. The number of amides is 1. The van der Waals surface area contributed by atoms with Gasteiger partial charge in [0.15, 0.2) is 0 Å². The van der Waals surface area contributed by atoms with E-state index in [1.807, 2.05) is 29.2 Å². The maximum atomic E-state index is 12.6. The van der Waals surface area contributed by atoms with Crippen molar-refractivity contribution in [2.45, 2.75) is 51.4 Å². The summed E-state index contributed by atoms with van der Waals surface area (Å²) < 4.78 is 0. The summed E-state index contributed by atoms with van der Waals surface area (Å²) in [4.78, 5) is 19.3. The number of aryl methyl sites for hydroxylation is 2. The predicted molar refractivity (Wildman–Crippen MR) is 104 cm³/mol. The minimum atomic E-state index is 0.283. The van der Waals surface area contributed by atoms with E-state index in [-0.39, 0.29) is 5.91 Å². The van der Waals surface area contributed by atoms with Gasteiger partial charge >= 0.3 is 0 Å². The van der Waals surface area contributed by atoms with Crippen LogP contribution in [0.25, 0.3) is 0 Å². The number of carbonyl (C=O) groups is 1. The van der Waals surface area contributed by atoms with Crippen LogP contribution in [0.1, 0.15) is 54.8 Å². The number of hydrogen-bond acceptors (Lipinski definition) is 3. The fourth-order valence-corrected chi connectivity index (χ4v) is 4.49. The number of halogens is 1. The van der Waals surface area contributed by atoms with Gasteiger partial charge < -0.3 is 4.90 Å². The fourth-order valence-electron chi connectivity index (χ4n) is 3.33. The van der Waals surface area contributed by atoms with Gasteiger partial charge in [-0.1, -0.05) is 30.7 Å². The van der Waals surface area contributed by atoms with Gasteiger partial charge in [0.05, 0.1) is 10.7 Å². The molecule has 25 heavy (non-hydrogen) atoms. The van der Waals surface area contributed by atoms with Crippen molar-refractivity contribution in [3.05, 3.63) is 50.9 Å². The molecule has 0 bridgehead atoms. The van der Waals surface area contributed by atoms with Crippen LogP contribution < -0.4 is 0 Å². The van der Waals surface area contributed by atoms with Crippen LogP contribution in [0.3, 0.4) is 0 Å². The Morgan fingerprint density at radius 2 is 2.16 bits per heavy atom. The average molecular weight is 377 g/mol. The van der Waals surface area contributed by atoms with Crippen LogP contribution in [0.15, 0.2) is 29.6 Å². The van der Waals surface area contributed by atoms with Crippen molar-refractivity contribution in [2.75, 3.05) is 13.1 Å². The van der Waals surface area contributed by atoms with Gasteiger partial charge in [-0.05, 0) is 49.8 Å². The lowest BCUT2D eigenvalue weighted by molar-refractivity contribution is -0.132. The van der Waals surface area contributed by atoms with Gasteiger partial charge in [-0.15, -0.1) is 11.3 Å². The third-order valence-electron chi connectivity index (χ3n) is 4.82. The summed E-state index contributed by atoms with van der Waals surface area (Å²) in [6, 6.07) is 7.90. The minimum Gasteiger partial charge on any atom is -0.342 e. The molecule has 0 saturated carbocycles. The zero-order valence-electron chi connectivity index (χ0n) is 14.7. The van der Waals surface area contributed by atoms with Gasteiger partial charge in [0.25, 0.3) is 0 Å². The second-order valence-electron chi connectivity index (χ2n) is 6.69. The van der Waals surface area contributed by atoms with Crippen LogP contribution in [-0.4, -0.2) is 28.9 Å². The highest BCUT2D eigenvalue weighted by molar-refractivity contribution is 7.09. The van der Waals surface area contributed by atoms with E-state index in [9.17, 15) is 4.79 Å². The van der Waals surface area contributed by atoms with E-state index >= 15 is 0 Å². The van der Waals surface area contributed by atoms with Crippen LogP contribution in [0, 0.1) is 0 Å². The van der Waals surface area contributed by atoms with E-state index in [4.69, 9.17) is 16.6 Å². The van der Waals surface area contributed by atoms with E-state index in [0.29, 0.717) is 12.3 Å². The van der Waals surface area contributed by atoms with Crippen LogP contribution in [0.4, 0.5) is 0 Å². The van der Waals surface area contributed by atoms with Gasteiger partial charge in [0.2, 0.25) is 5.91 Å². The van der Waals surface area contributed by atoms with Crippen LogP contribution in [0.2, 0.25) is 5.02 Å². The van der Waals surface area contributed by atoms with Gasteiger partial charge in [-0.2, -0.15) is 0 Å². The van der Waals surface area contributed by atoms with E-state index in [0.717, 1.165) is 50.2 Å². The number of piperidine rings is 1. The second kappa shape index (κ2) is 8.81. The molecule has 1 fully saturated rings. The maximum absolute atomic E-state index is 12.6. The lowest BCUT2D eigenvalue weighted by Gasteiger charge is -2.32. The molecule has 1 aliphatic rings. The largest absolute Gasteiger partial charge is 0.342 e. The third-order valence-corrected chi connectivity index (χ3v) is 6.13. The molecule has 3 nitrogen and oxygen atoms in total. The summed E-state index contributed by atoms with van der Waals surface area (Å²) >= 11 is 7.66. The van der Waals surface area contributed by atoms with Crippen molar-refractivity contribution in [3.63, 3.8) is 0 Å². The van der Waals surface area contributed by atoms with Gasteiger partial charge in [-0.25, -0.2) is 4.98 Å². The summed E-state index contributed by atoms with van der Waals surface area (Å²) in [6.07, 6.45) is 5.63. The zero-order valence-corrected chi connectivity index (χ0v) is 16.3. The van der Waals surface area contributed by atoms with Gasteiger partial charge in [0.1, 0.15) is 0 Å². The molecule has 1 aromatic carbocycles. The summed E-state index contributed by atoms with van der Waals surface area (Å²) in [7, 11) is 0. The highest BCUT2D eigenvalue weighted by atomic mass is 35.5. The predicted octanol–water partition coefficient (Wildman–Crippen LogP) is 5.09. The molecule has 1 aliphatic heterocycles. The molecule has 5 heteroatoms. The second-order valence-corrected chi connectivity index (χ2v) is 8.02. The third kappa shape index (κ3) is 5.05. The standard InChI is InChI=1S/C20H25ClN2OS/c1-2-18-14-25-20(22-18)16-6-4-12-23(13-16)19(24)7-3-5-15-8-10-17(21)11-9-15/h8-11,14,16H,2-7,12-13H2,1H3. The van der Waals surface area contributed by atoms with Crippen molar-refractivity contribution >= 4 is 28.8 Å². The Labute approximate surface area is 159 Å². The van der Waals surface area contributed by atoms with Gasteiger partial charge in [0, 0.05) is 35.8 Å². The first-order valence-electron chi connectivity index (χ1n) is 9.12. The molecule has 1 unspecified atom stereocenters.